The number of ether oxygens (including phenoxy) is 1. The lowest BCUT2D eigenvalue weighted by atomic mass is 10.1. The van der Waals surface area contributed by atoms with Gasteiger partial charge in [0.05, 0.1) is 0 Å². The van der Waals surface area contributed by atoms with Crippen LogP contribution >= 0.6 is 0 Å². The van der Waals surface area contributed by atoms with E-state index in [-0.39, 0.29) is 6.09 Å². The number of nitrogens with one attached hydrogen (secondary N) is 2. The largest absolute Gasteiger partial charge is 0.444 e. The number of hydrogen-bond donors (Lipinski definition) is 2. The monoisotopic (exact) mass is 320 g/mol. The van der Waals surface area contributed by atoms with Gasteiger partial charge in [0.15, 0.2) is 0 Å². The number of alkyl carbamates (subject to hydrolysis) is 1. The molecular weight excluding hydrogens is 288 g/mol. The van der Waals surface area contributed by atoms with Crippen molar-refractivity contribution in [2.45, 2.75) is 66.2 Å². The highest BCUT2D eigenvalue weighted by atomic mass is 16.6. The van der Waals surface area contributed by atoms with Crippen molar-refractivity contribution in [1.82, 2.24) is 10.6 Å². The molecule has 23 heavy (non-hydrogen) atoms. The zero-order valence-corrected chi connectivity index (χ0v) is 15.4. The van der Waals surface area contributed by atoms with Gasteiger partial charge in [-0.25, -0.2) is 4.79 Å². The molecule has 1 atom stereocenters. The number of carbonyl (C=O) groups excluding carboxylic acids is 1. The highest BCUT2D eigenvalue weighted by Crippen LogP contribution is 2.08. The Balaban J connectivity index is 2.33. The Hall–Kier alpha value is -1.55. The van der Waals surface area contributed by atoms with Gasteiger partial charge in [-0.15, -0.1) is 0 Å². The molecule has 2 N–H and O–H groups in total. The summed E-state index contributed by atoms with van der Waals surface area (Å²) in [5.74, 6) is 0.633. The summed E-state index contributed by atoms with van der Waals surface area (Å²) in [5, 5.41) is 6.31. The quantitative estimate of drug-likeness (QED) is 0.801. The van der Waals surface area contributed by atoms with Crippen LogP contribution in [0.5, 0.6) is 0 Å². The van der Waals surface area contributed by atoms with E-state index in [1.54, 1.807) is 0 Å². The molecule has 1 aromatic rings. The van der Waals surface area contributed by atoms with Crippen LogP contribution in [-0.2, 0) is 17.7 Å². The third kappa shape index (κ3) is 8.60. The normalized spacial score (nSPS) is 13.0. The Morgan fingerprint density at radius 3 is 2.17 bits per heavy atom. The van der Waals surface area contributed by atoms with Crippen molar-refractivity contribution in [3.05, 3.63) is 35.4 Å². The van der Waals surface area contributed by atoms with Gasteiger partial charge in [-0.2, -0.15) is 0 Å². The maximum Gasteiger partial charge on any atom is 0.407 e. The average Bonchev–Trinajstić information content (AvgIpc) is 2.44. The second kappa shape index (κ2) is 8.92. The molecule has 0 saturated heterocycles. The number of amides is 1. The third-order valence-electron chi connectivity index (χ3n) is 3.73. The summed E-state index contributed by atoms with van der Waals surface area (Å²) in [5.41, 5.74) is 2.04. The molecule has 0 aliphatic carbocycles. The van der Waals surface area contributed by atoms with Crippen LogP contribution in [0.15, 0.2) is 24.3 Å². The van der Waals surface area contributed by atoms with Gasteiger partial charge in [0.1, 0.15) is 5.60 Å². The first-order chi connectivity index (χ1) is 10.7. The van der Waals surface area contributed by atoms with E-state index < -0.39 is 5.60 Å². The zero-order chi connectivity index (χ0) is 17.5. The minimum Gasteiger partial charge on any atom is -0.444 e. The number of carbonyl (C=O) groups is 1. The molecule has 4 nitrogen and oxygen atoms in total. The lowest BCUT2D eigenvalue weighted by Gasteiger charge is -2.19. The van der Waals surface area contributed by atoms with Gasteiger partial charge >= 0.3 is 6.09 Å². The fourth-order valence-electron chi connectivity index (χ4n) is 1.96. The van der Waals surface area contributed by atoms with Crippen molar-refractivity contribution in [2.75, 3.05) is 6.54 Å². The van der Waals surface area contributed by atoms with E-state index in [4.69, 9.17) is 4.74 Å². The van der Waals surface area contributed by atoms with Crippen LogP contribution < -0.4 is 10.6 Å². The van der Waals surface area contributed by atoms with Crippen molar-refractivity contribution >= 4 is 6.09 Å². The summed E-state index contributed by atoms with van der Waals surface area (Å²) >= 11 is 0. The van der Waals surface area contributed by atoms with E-state index in [1.807, 2.05) is 20.8 Å². The van der Waals surface area contributed by atoms with Crippen LogP contribution in [0.3, 0.4) is 0 Å². The van der Waals surface area contributed by atoms with Crippen LogP contribution in [0, 0.1) is 5.92 Å². The Morgan fingerprint density at radius 1 is 1.09 bits per heavy atom. The molecular formula is C19H32N2O2. The van der Waals surface area contributed by atoms with Crippen molar-refractivity contribution in [3.8, 4) is 0 Å². The minimum absolute atomic E-state index is 0.360. The van der Waals surface area contributed by atoms with Gasteiger partial charge in [0.2, 0.25) is 0 Å². The van der Waals surface area contributed by atoms with E-state index in [0.29, 0.717) is 18.5 Å². The Labute approximate surface area is 141 Å². The molecule has 0 heterocycles. The van der Waals surface area contributed by atoms with E-state index in [1.165, 1.54) is 11.1 Å². The first kappa shape index (κ1) is 19.5. The van der Waals surface area contributed by atoms with Crippen LogP contribution in [0.25, 0.3) is 0 Å². The van der Waals surface area contributed by atoms with Crippen molar-refractivity contribution in [1.29, 1.82) is 0 Å². The predicted molar refractivity (Wildman–Crippen MR) is 95.5 cm³/mol. The number of hydrogen-bond acceptors (Lipinski definition) is 3. The Morgan fingerprint density at radius 2 is 1.65 bits per heavy atom. The Bertz CT molecular complexity index is 475. The molecule has 1 amide bonds. The number of benzene rings is 1. The van der Waals surface area contributed by atoms with Crippen LogP contribution in [0.1, 0.15) is 52.7 Å². The first-order valence-corrected chi connectivity index (χ1v) is 8.45. The van der Waals surface area contributed by atoms with Crippen LogP contribution in [0.2, 0.25) is 0 Å². The Kier molecular flexibility index (Phi) is 7.56. The fraction of sp³-hybridized carbons (Fsp3) is 0.632. The van der Waals surface area contributed by atoms with E-state index in [9.17, 15) is 4.79 Å². The second-order valence-corrected chi connectivity index (χ2v) is 7.41. The summed E-state index contributed by atoms with van der Waals surface area (Å²) in [6.07, 6.45) is 0.441. The molecule has 130 valence electrons. The van der Waals surface area contributed by atoms with E-state index in [0.717, 1.165) is 13.0 Å². The lowest BCUT2D eigenvalue weighted by Crippen LogP contribution is -2.33. The topological polar surface area (TPSA) is 50.4 Å². The maximum absolute atomic E-state index is 11.6. The summed E-state index contributed by atoms with van der Waals surface area (Å²) in [6, 6.07) is 9.03. The van der Waals surface area contributed by atoms with E-state index in [2.05, 4.69) is 55.7 Å². The summed E-state index contributed by atoms with van der Waals surface area (Å²) < 4.78 is 5.21. The van der Waals surface area contributed by atoms with Crippen molar-refractivity contribution in [3.63, 3.8) is 0 Å². The molecule has 0 spiro atoms. The molecule has 0 fully saturated rings. The molecule has 0 aliphatic heterocycles. The lowest BCUT2D eigenvalue weighted by molar-refractivity contribution is 0.0528. The van der Waals surface area contributed by atoms with Crippen molar-refractivity contribution in [2.24, 2.45) is 5.92 Å². The highest BCUT2D eigenvalue weighted by Gasteiger charge is 2.15. The predicted octanol–water partition coefficient (Wildman–Crippen LogP) is 3.89. The SMILES string of the molecule is CC(C)C(C)NCc1ccc(CCNC(=O)OC(C)(C)C)cc1. The standard InChI is InChI=1S/C19H32N2O2/c1-14(2)15(3)21-13-17-9-7-16(8-10-17)11-12-20-18(22)23-19(4,5)6/h7-10,14-15,21H,11-13H2,1-6H3,(H,20,22). The summed E-state index contributed by atoms with van der Waals surface area (Å²) in [7, 11) is 0. The maximum atomic E-state index is 11.6. The highest BCUT2D eigenvalue weighted by molar-refractivity contribution is 5.67. The summed E-state index contributed by atoms with van der Waals surface area (Å²) in [4.78, 5) is 11.6. The molecule has 1 rings (SSSR count). The smallest absolute Gasteiger partial charge is 0.407 e. The van der Waals surface area contributed by atoms with Crippen molar-refractivity contribution < 1.29 is 9.53 Å². The number of rotatable bonds is 7. The molecule has 0 bridgehead atoms. The van der Waals surface area contributed by atoms with Gasteiger partial charge in [-0.05, 0) is 51.2 Å². The minimum atomic E-state index is -0.453. The van der Waals surface area contributed by atoms with Gasteiger partial charge in [0, 0.05) is 19.1 Å². The molecule has 1 aromatic carbocycles. The fourth-order valence-corrected chi connectivity index (χ4v) is 1.96. The van der Waals surface area contributed by atoms with Crippen LogP contribution in [0.4, 0.5) is 4.79 Å². The van der Waals surface area contributed by atoms with Gasteiger partial charge < -0.3 is 15.4 Å². The molecule has 0 aromatic heterocycles. The van der Waals surface area contributed by atoms with E-state index >= 15 is 0 Å². The van der Waals surface area contributed by atoms with Gasteiger partial charge in [-0.1, -0.05) is 38.1 Å². The molecule has 0 aliphatic rings. The molecule has 1 unspecified atom stereocenters. The molecule has 0 radical (unpaired) electrons. The molecule has 4 heteroatoms. The summed E-state index contributed by atoms with van der Waals surface area (Å²) in [6.45, 7) is 13.7. The zero-order valence-electron chi connectivity index (χ0n) is 15.4. The van der Waals surface area contributed by atoms with Crippen LogP contribution in [-0.4, -0.2) is 24.3 Å². The first-order valence-electron chi connectivity index (χ1n) is 8.45. The molecule has 0 saturated carbocycles. The van der Waals surface area contributed by atoms with Gasteiger partial charge in [-0.3, -0.25) is 0 Å². The van der Waals surface area contributed by atoms with Gasteiger partial charge in [0.25, 0.3) is 0 Å². The third-order valence-corrected chi connectivity index (χ3v) is 3.73. The second-order valence-electron chi connectivity index (χ2n) is 7.41. The average molecular weight is 320 g/mol.